The van der Waals surface area contributed by atoms with Crippen molar-refractivity contribution in [2.75, 3.05) is 44.8 Å². The van der Waals surface area contributed by atoms with E-state index < -0.39 is 5.82 Å². The molecule has 8 nitrogen and oxygen atoms in total. The third kappa shape index (κ3) is 5.16. The first-order valence-electron chi connectivity index (χ1n) is 16.1. The highest BCUT2D eigenvalue weighted by atomic mass is 19.1. The second kappa shape index (κ2) is 11.3. The van der Waals surface area contributed by atoms with Gasteiger partial charge < -0.3 is 19.5 Å². The molecule has 10 heteroatoms. The maximum atomic E-state index is 16.9. The van der Waals surface area contributed by atoms with E-state index in [-0.39, 0.29) is 39.9 Å². The number of aromatic hydroxyl groups is 1. The van der Waals surface area contributed by atoms with Gasteiger partial charge in [0, 0.05) is 38.5 Å². The van der Waals surface area contributed by atoms with Crippen LogP contribution in [0.5, 0.6) is 11.8 Å². The Morgan fingerprint density at radius 1 is 1.11 bits per heavy atom. The lowest BCUT2D eigenvalue weighted by Gasteiger charge is -2.40. The Balaban J connectivity index is 1.38. The molecule has 0 spiro atoms. The van der Waals surface area contributed by atoms with Gasteiger partial charge in [0.15, 0.2) is 5.82 Å². The lowest BCUT2D eigenvalue weighted by molar-refractivity contribution is -0.00479. The zero-order valence-corrected chi connectivity index (χ0v) is 26.5. The molecule has 238 valence electrons. The van der Waals surface area contributed by atoms with E-state index in [2.05, 4.69) is 33.6 Å². The fourth-order valence-electron chi connectivity index (χ4n) is 8.12. The molecule has 0 amide bonds. The van der Waals surface area contributed by atoms with Gasteiger partial charge in [-0.25, -0.2) is 8.78 Å². The summed E-state index contributed by atoms with van der Waals surface area (Å²) >= 11 is 0. The van der Waals surface area contributed by atoms with Crippen LogP contribution in [0.3, 0.4) is 0 Å². The summed E-state index contributed by atoms with van der Waals surface area (Å²) in [5.41, 5.74) is 0.387. The lowest BCUT2D eigenvalue weighted by Crippen LogP contribution is -2.48. The van der Waals surface area contributed by atoms with E-state index in [4.69, 9.17) is 14.5 Å². The van der Waals surface area contributed by atoms with Crippen LogP contribution in [0.25, 0.3) is 32.9 Å². The van der Waals surface area contributed by atoms with Gasteiger partial charge in [-0.05, 0) is 92.4 Å². The second-order valence-electron chi connectivity index (χ2n) is 13.5. The van der Waals surface area contributed by atoms with Crippen molar-refractivity contribution in [3.8, 4) is 23.0 Å². The molecule has 0 bridgehead atoms. The van der Waals surface area contributed by atoms with Gasteiger partial charge in [-0.2, -0.15) is 9.97 Å². The molecule has 45 heavy (non-hydrogen) atoms. The van der Waals surface area contributed by atoms with Crippen molar-refractivity contribution in [3.63, 3.8) is 0 Å². The van der Waals surface area contributed by atoms with E-state index >= 15 is 4.39 Å². The van der Waals surface area contributed by atoms with Gasteiger partial charge in [0.05, 0.1) is 16.5 Å². The number of pyridine rings is 1. The summed E-state index contributed by atoms with van der Waals surface area (Å²) in [6.07, 6.45) is 7.00. The number of hydrogen-bond donors (Lipinski definition) is 1. The van der Waals surface area contributed by atoms with E-state index in [1.165, 1.54) is 12.1 Å². The van der Waals surface area contributed by atoms with Gasteiger partial charge in [0.25, 0.3) is 0 Å². The van der Waals surface area contributed by atoms with E-state index in [1.54, 1.807) is 25.4 Å². The van der Waals surface area contributed by atoms with Gasteiger partial charge in [-0.1, -0.05) is 19.9 Å². The van der Waals surface area contributed by atoms with Crippen molar-refractivity contribution < 1.29 is 23.4 Å². The number of rotatable bonds is 7. The van der Waals surface area contributed by atoms with Crippen molar-refractivity contribution in [1.82, 2.24) is 19.9 Å². The standard InChI is InChI=1S/C35H41F2N5O3/c1-5-24-27(36)9-8-22-14-23(43)15-25(28(22)24)30-29(37)31-26(17-38-30)32(41-12-6-10-34(3,19-41)44-4)40-33(39-31)45-20-35-11-7-13-42(35)18-21(2)16-35/h8-9,14-15,17,21,43H,5-7,10-13,16,18-20H2,1-4H3/t21-,34-,35+/m1/s1. The van der Waals surface area contributed by atoms with Crippen LogP contribution in [0, 0.1) is 17.6 Å². The van der Waals surface area contributed by atoms with E-state index in [0.29, 0.717) is 58.6 Å². The van der Waals surface area contributed by atoms with Crippen molar-refractivity contribution >= 4 is 27.5 Å². The largest absolute Gasteiger partial charge is 0.508 e. The van der Waals surface area contributed by atoms with Crippen LogP contribution in [0.4, 0.5) is 14.6 Å². The van der Waals surface area contributed by atoms with Crippen LogP contribution in [0.1, 0.15) is 58.4 Å². The molecule has 2 aromatic carbocycles. The molecule has 7 rings (SSSR count). The number of aromatic nitrogens is 3. The molecule has 3 atom stereocenters. The number of anilines is 1. The molecule has 3 aliphatic heterocycles. The zero-order valence-electron chi connectivity index (χ0n) is 26.5. The summed E-state index contributed by atoms with van der Waals surface area (Å²) in [7, 11) is 1.71. The number of hydrogen-bond acceptors (Lipinski definition) is 8. The molecule has 2 aromatic heterocycles. The number of phenolic OH excluding ortho intramolecular Hbond substituents is 1. The minimum Gasteiger partial charge on any atom is -0.508 e. The highest BCUT2D eigenvalue weighted by Gasteiger charge is 2.48. The summed E-state index contributed by atoms with van der Waals surface area (Å²) in [5, 5.41) is 12.2. The Labute approximate surface area is 262 Å². The van der Waals surface area contributed by atoms with Crippen LogP contribution in [-0.4, -0.2) is 76.0 Å². The Hall–Kier alpha value is -3.63. The Morgan fingerprint density at radius 2 is 1.93 bits per heavy atom. The molecule has 3 aliphatic rings. The first kappa shape index (κ1) is 30.0. The number of benzene rings is 2. The average molecular weight is 618 g/mol. The maximum absolute atomic E-state index is 16.9. The topological polar surface area (TPSA) is 83.8 Å². The molecule has 4 aromatic rings. The Morgan fingerprint density at radius 3 is 2.73 bits per heavy atom. The number of piperidine rings is 1. The number of halogens is 2. The van der Waals surface area contributed by atoms with Crippen molar-refractivity contribution in [2.45, 2.75) is 70.4 Å². The van der Waals surface area contributed by atoms with Crippen LogP contribution < -0.4 is 9.64 Å². The molecular formula is C35H41F2N5O3. The molecule has 5 heterocycles. The van der Waals surface area contributed by atoms with Crippen molar-refractivity contribution in [2.24, 2.45) is 5.92 Å². The monoisotopic (exact) mass is 617 g/mol. The normalized spacial score (nSPS) is 25.4. The number of ether oxygens (including phenoxy) is 2. The van der Waals surface area contributed by atoms with E-state index in [1.807, 2.05) is 6.92 Å². The Bertz CT molecular complexity index is 1790. The zero-order chi connectivity index (χ0) is 31.5. The number of aryl methyl sites for hydroxylation is 1. The summed E-state index contributed by atoms with van der Waals surface area (Å²) in [4.78, 5) is 18.8. The number of methoxy groups -OCH3 is 1. The highest BCUT2D eigenvalue weighted by molar-refractivity contribution is 6.01. The molecule has 0 saturated carbocycles. The second-order valence-corrected chi connectivity index (χ2v) is 13.5. The summed E-state index contributed by atoms with van der Waals surface area (Å²) in [6, 6.07) is 6.10. The SMILES string of the molecule is CCc1c(F)ccc2cc(O)cc(-c3ncc4c(N5CCC[C@@](C)(OC)C5)nc(OC[C@@]56CCCN5C[C@H](C)C6)nc4c3F)c12. The lowest BCUT2D eigenvalue weighted by atomic mass is 9.92. The third-order valence-corrected chi connectivity index (χ3v) is 10.3. The van der Waals surface area contributed by atoms with Gasteiger partial charge in [0.1, 0.15) is 35.2 Å². The fourth-order valence-corrected chi connectivity index (χ4v) is 8.12. The Kier molecular flexibility index (Phi) is 7.55. The van der Waals surface area contributed by atoms with Crippen LogP contribution >= 0.6 is 0 Å². The molecule has 3 fully saturated rings. The molecule has 0 aliphatic carbocycles. The predicted molar refractivity (Wildman–Crippen MR) is 171 cm³/mol. The predicted octanol–water partition coefficient (Wildman–Crippen LogP) is 6.65. The fraction of sp³-hybridized carbons (Fsp3) is 0.514. The minimum absolute atomic E-state index is 0.00939. The molecule has 0 unspecified atom stereocenters. The van der Waals surface area contributed by atoms with Crippen LogP contribution in [0.15, 0.2) is 30.5 Å². The van der Waals surface area contributed by atoms with Gasteiger partial charge in [-0.3, -0.25) is 9.88 Å². The van der Waals surface area contributed by atoms with Gasteiger partial charge >= 0.3 is 6.01 Å². The first-order valence-corrected chi connectivity index (χ1v) is 16.1. The van der Waals surface area contributed by atoms with Crippen LogP contribution in [-0.2, 0) is 11.2 Å². The number of phenols is 1. The summed E-state index contributed by atoms with van der Waals surface area (Å²) < 4.78 is 44.1. The van der Waals surface area contributed by atoms with E-state index in [9.17, 15) is 9.50 Å². The first-order chi connectivity index (χ1) is 21.6. The molecule has 3 saturated heterocycles. The van der Waals surface area contributed by atoms with Crippen molar-refractivity contribution in [3.05, 3.63) is 47.7 Å². The quantitative estimate of drug-likeness (QED) is 0.247. The average Bonchev–Trinajstić information content (AvgIpc) is 3.55. The van der Waals surface area contributed by atoms with Gasteiger partial charge in [-0.15, -0.1) is 0 Å². The molecular weight excluding hydrogens is 576 g/mol. The molecule has 1 N–H and O–H groups in total. The summed E-state index contributed by atoms with van der Waals surface area (Å²) in [5.74, 6) is 0.0333. The van der Waals surface area contributed by atoms with Crippen molar-refractivity contribution in [1.29, 1.82) is 0 Å². The van der Waals surface area contributed by atoms with Gasteiger partial charge in [0.2, 0.25) is 0 Å². The van der Waals surface area contributed by atoms with Crippen LogP contribution in [0.2, 0.25) is 0 Å². The maximum Gasteiger partial charge on any atom is 0.319 e. The summed E-state index contributed by atoms with van der Waals surface area (Å²) in [6.45, 7) is 10.0. The smallest absolute Gasteiger partial charge is 0.319 e. The minimum atomic E-state index is -0.666. The molecule has 0 radical (unpaired) electrons. The highest BCUT2D eigenvalue weighted by Crippen LogP contribution is 2.43. The third-order valence-electron chi connectivity index (χ3n) is 10.3. The van der Waals surface area contributed by atoms with E-state index in [0.717, 1.165) is 51.7 Å². The number of nitrogens with zero attached hydrogens (tertiary/aromatic N) is 5. The number of fused-ring (bicyclic) bond motifs is 3.